The Morgan fingerprint density at radius 3 is 2.19 bits per heavy atom. The fourth-order valence-corrected chi connectivity index (χ4v) is 11.1. The molecule has 0 spiro atoms. The minimum absolute atomic E-state index is 0.0661. The molecule has 426 valence electrons. The smallest absolute Gasteiger partial charge is 0.246 e. The Kier molecular flexibility index (Phi) is 30.2. The molecule has 2 radical (unpaired) electrons. The predicted molar refractivity (Wildman–Crippen MR) is 317 cm³/mol. The van der Waals surface area contributed by atoms with Gasteiger partial charge >= 0.3 is 0 Å². The summed E-state index contributed by atoms with van der Waals surface area (Å²) >= 11 is 13.6. The first-order valence-corrected chi connectivity index (χ1v) is 28.8. The molecule has 2 aromatic carbocycles. The molecule has 0 aliphatic carbocycles. The van der Waals surface area contributed by atoms with Crippen LogP contribution in [0.25, 0.3) is 15.4 Å². The van der Waals surface area contributed by atoms with E-state index in [2.05, 4.69) is 97.9 Å². The van der Waals surface area contributed by atoms with E-state index < -0.39 is 17.5 Å². The molecule has 3 aliphatic heterocycles. The van der Waals surface area contributed by atoms with Crippen LogP contribution in [0.15, 0.2) is 59.0 Å². The van der Waals surface area contributed by atoms with Crippen molar-refractivity contribution in [1.29, 1.82) is 0 Å². The molecule has 3 amide bonds. The molecule has 78 heavy (non-hydrogen) atoms. The van der Waals surface area contributed by atoms with Gasteiger partial charge in [-0.05, 0) is 100 Å². The third-order valence-electron chi connectivity index (χ3n) is 12.8. The summed E-state index contributed by atoms with van der Waals surface area (Å²) in [6, 6.07) is 15.4. The number of aryl methyl sites for hydroxylation is 3. The monoisotopic (exact) mass is 1150 g/mol. The number of thiophene rings is 1. The molecule has 22 heteroatoms. The van der Waals surface area contributed by atoms with Crippen molar-refractivity contribution in [3.63, 3.8) is 0 Å². The zero-order chi connectivity index (χ0) is 58.0. The lowest BCUT2D eigenvalue weighted by Crippen LogP contribution is -2.56. The number of rotatable bonds is 16. The highest BCUT2D eigenvalue weighted by Crippen LogP contribution is 2.36. The number of aliphatic imine (C=N–C) groups is 1. The largest absolute Gasteiger partial charge is 0.400 e. The molecule has 5 aromatic rings. The zero-order valence-corrected chi connectivity index (χ0v) is 50.6. The van der Waals surface area contributed by atoms with Crippen LogP contribution >= 0.6 is 45.7 Å². The Morgan fingerprint density at radius 2 is 1.60 bits per heavy atom. The lowest BCUT2D eigenvalue weighted by Gasteiger charge is -2.34. The van der Waals surface area contributed by atoms with E-state index in [0.717, 1.165) is 84.5 Å². The normalized spacial score (nSPS) is 16.6. The van der Waals surface area contributed by atoms with Gasteiger partial charge in [0.05, 0.1) is 47.7 Å². The highest BCUT2D eigenvalue weighted by atomic mass is 35.5. The summed E-state index contributed by atoms with van der Waals surface area (Å²) in [6.45, 7) is 25.1. The topological polar surface area (TPSA) is 214 Å². The van der Waals surface area contributed by atoms with Crippen LogP contribution in [-0.2, 0) is 41.7 Å². The highest BCUT2D eigenvalue weighted by Gasteiger charge is 2.39. The van der Waals surface area contributed by atoms with Crippen LogP contribution in [0.3, 0.4) is 0 Å². The van der Waals surface area contributed by atoms with E-state index in [4.69, 9.17) is 31.2 Å². The van der Waals surface area contributed by atoms with Gasteiger partial charge in [0.15, 0.2) is 5.82 Å². The lowest BCUT2D eigenvalue weighted by molar-refractivity contribution is -0.142. The van der Waals surface area contributed by atoms with Crippen LogP contribution in [0.4, 0.5) is 0 Å². The minimum Gasteiger partial charge on any atom is -0.400 e. The molecule has 17 nitrogen and oxygen atoms in total. The Balaban J connectivity index is 0.000000312. The van der Waals surface area contributed by atoms with Crippen molar-refractivity contribution in [1.82, 2.24) is 45.9 Å². The number of nitrogens with one attached hydrogen (secondary N) is 4. The number of aromatic nitrogens is 4. The highest BCUT2D eigenvalue weighted by molar-refractivity contribution is 7.15. The van der Waals surface area contributed by atoms with Crippen LogP contribution in [-0.4, -0.2) is 146 Å². The van der Waals surface area contributed by atoms with Gasteiger partial charge in [-0.3, -0.25) is 23.9 Å². The molecule has 8 rings (SSSR count). The molecule has 5 N–H and O–H groups in total. The van der Waals surface area contributed by atoms with E-state index in [1.807, 2.05) is 85.3 Å². The number of aliphatic hydroxyl groups excluding tert-OH is 1. The van der Waals surface area contributed by atoms with Crippen LogP contribution in [0.2, 0.25) is 5.02 Å². The second-order valence-corrected chi connectivity index (χ2v) is 22.1. The summed E-state index contributed by atoms with van der Waals surface area (Å²) in [5.74, 6) is 1.78. The summed E-state index contributed by atoms with van der Waals surface area (Å²) in [7, 11) is 6.93. The molecular formula is C56H81BCl2N10O7S2. The number of hydrogen-bond acceptors (Lipinski definition) is 15. The SMILES string of the molecule is CC.CC(=O)NCCOCC1CNCC(COCC(=O)NC(C(=O)N2CCC[C@H]2C=O)C(C)(C)C)C1.CNCc1ccc(-c2scnc2C)cc1.CO.Cc1sc2c(c1C)C(c1ccc(Cl)cc1)=NCc1nnc(C)n1-2.[B]Cl. The van der Waals surface area contributed by atoms with E-state index in [9.17, 15) is 19.2 Å². The fraction of sp³-hybridized carbons (Fsp3) is 0.536. The van der Waals surface area contributed by atoms with Gasteiger partial charge in [-0.15, -0.1) is 32.9 Å². The number of fused-ring (bicyclic) bond motifs is 3. The van der Waals surface area contributed by atoms with Gasteiger partial charge < -0.3 is 45.5 Å². The summed E-state index contributed by atoms with van der Waals surface area (Å²) in [6.07, 6.45) is 3.20. The van der Waals surface area contributed by atoms with E-state index in [1.54, 1.807) is 27.6 Å². The number of ether oxygens (including phenoxy) is 2. The number of nitrogens with zero attached hydrogens (tertiary/aromatic N) is 6. The predicted octanol–water partition coefficient (Wildman–Crippen LogP) is 8.14. The van der Waals surface area contributed by atoms with Crippen molar-refractivity contribution in [3.8, 4) is 15.4 Å². The fourth-order valence-electron chi connectivity index (χ4n) is 8.92. The third-order valence-corrected chi connectivity index (χ3v) is 15.2. The lowest BCUT2D eigenvalue weighted by atomic mass is 9.85. The van der Waals surface area contributed by atoms with Crippen molar-refractivity contribution in [3.05, 3.63) is 104 Å². The molecule has 0 saturated carbocycles. The van der Waals surface area contributed by atoms with Crippen LogP contribution in [0.5, 0.6) is 0 Å². The van der Waals surface area contributed by atoms with Crippen molar-refractivity contribution in [2.45, 2.75) is 114 Å². The Bertz CT molecular complexity index is 2640. The van der Waals surface area contributed by atoms with E-state index in [-0.39, 0.29) is 30.2 Å². The second kappa shape index (κ2) is 35.0. The van der Waals surface area contributed by atoms with E-state index >= 15 is 0 Å². The maximum atomic E-state index is 13.1. The molecule has 3 unspecified atom stereocenters. The zero-order valence-electron chi connectivity index (χ0n) is 47.5. The molecule has 0 bridgehead atoms. The summed E-state index contributed by atoms with van der Waals surface area (Å²) in [4.78, 5) is 61.1. The first-order chi connectivity index (χ1) is 37.5. The third kappa shape index (κ3) is 20.0. The number of hydrogen-bond donors (Lipinski definition) is 5. The number of thiazole rings is 1. The van der Waals surface area contributed by atoms with Gasteiger partial charge in [0.25, 0.3) is 0 Å². The van der Waals surface area contributed by atoms with Gasteiger partial charge in [0.2, 0.25) is 25.0 Å². The van der Waals surface area contributed by atoms with Crippen LogP contribution < -0.4 is 21.3 Å². The van der Waals surface area contributed by atoms with E-state index in [1.165, 1.54) is 38.9 Å². The second-order valence-electron chi connectivity index (χ2n) is 19.6. The van der Waals surface area contributed by atoms with Gasteiger partial charge in [-0.25, -0.2) is 16.4 Å². The molecule has 6 heterocycles. The maximum Gasteiger partial charge on any atom is 0.246 e. The summed E-state index contributed by atoms with van der Waals surface area (Å²) < 4.78 is 13.5. The van der Waals surface area contributed by atoms with Gasteiger partial charge in [0.1, 0.15) is 36.3 Å². The average Bonchev–Trinajstić information content (AvgIpc) is 4.31. The Labute approximate surface area is 481 Å². The number of aldehydes is 1. The number of piperidine rings is 1. The van der Waals surface area contributed by atoms with Crippen molar-refractivity contribution >= 4 is 82.7 Å². The standard InChI is InChI=1S/C24H42N4O6.C17H15ClN4S.C12H14N2S.C2H6.CH4O.BCl/c1-17(30)26-7-9-33-14-18-10-19(12-25-11-18)15-34-16-21(31)27-22(24(2,3)4)23(32)28-8-5-6-20(28)13-29;1-9-10(2)23-17-15(9)16(12-4-6-13(18)7-5-12)19-8-14-21-20-11(3)22(14)17;1-9-12(15-8-14-9)11-5-3-10(4-6-11)7-13-2;3*1-2/h13,18-20,22,25H,5-12,14-16H2,1-4H3,(H,26,30)(H,27,31);4-7H,8H2,1-3H3;3-6,8,13H,7H2,1-2H3;1-2H3;2H,1H3;/t18?,19?,20-,22?;;;;;/m0...../s1. The molecular weight excluding hydrogens is 1070 g/mol. The number of carbonyl (C=O) groups excluding carboxylic acids is 4. The van der Waals surface area contributed by atoms with Gasteiger partial charge in [-0.1, -0.05) is 82.6 Å². The molecule has 4 atom stereocenters. The minimum atomic E-state index is -0.723. The quantitative estimate of drug-likeness (QED) is 0.0360. The van der Waals surface area contributed by atoms with Crippen molar-refractivity contribution in [2.24, 2.45) is 22.2 Å². The van der Waals surface area contributed by atoms with Crippen LogP contribution in [0.1, 0.15) is 105 Å². The number of likely N-dealkylation sites (tertiary alicyclic amines) is 1. The number of amides is 3. The average molecular weight is 1150 g/mol. The Hall–Kier alpha value is -4.90. The van der Waals surface area contributed by atoms with Gasteiger partial charge in [-0.2, -0.15) is 0 Å². The first-order valence-electron chi connectivity index (χ1n) is 26.3. The Morgan fingerprint density at radius 1 is 0.962 bits per heavy atom. The number of carbonyl (C=O) groups is 4. The maximum absolute atomic E-state index is 13.1. The van der Waals surface area contributed by atoms with Crippen LogP contribution in [0, 0.1) is 44.9 Å². The van der Waals surface area contributed by atoms with E-state index in [0.29, 0.717) is 51.8 Å². The van der Waals surface area contributed by atoms with Crippen molar-refractivity contribution < 1.29 is 33.8 Å². The first kappa shape index (κ1) is 67.4. The molecule has 2 fully saturated rings. The number of benzene rings is 2. The molecule has 3 aromatic heterocycles. The van der Waals surface area contributed by atoms with Gasteiger partial charge in [0, 0.05) is 67.8 Å². The van der Waals surface area contributed by atoms with Crippen molar-refractivity contribution in [2.75, 3.05) is 66.8 Å². The molecule has 3 aliphatic rings. The summed E-state index contributed by atoms with van der Waals surface area (Å²) in [5, 5.41) is 29.5. The number of aliphatic hydroxyl groups is 1. The molecule has 2 saturated heterocycles. The number of halogens is 2. The summed E-state index contributed by atoms with van der Waals surface area (Å²) in [5.41, 5.74) is 9.60.